The number of hydrogen-bond donors (Lipinski definition) is 2. The molecular formula is C20H16F3N5O2. The summed E-state index contributed by atoms with van der Waals surface area (Å²) >= 11 is 0. The quantitative estimate of drug-likeness (QED) is 0.583. The van der Waals surface area contributed by atoms with Crippen molar-refractivity contribution in [2.75, 3.05) is 23.3 Å². The van der Waals surface area contributed by atoms with Gasteiger partial charge in [-0.2, -0.15) is 13.2 Å². The maximum Gasteiger partial charge on any atom is 0.416 e. The average molecular weight is 416 g/mol. The fourth-order valence-electron chi connectivity index (χ4n) is 4.13. The SMILES string of the molecule is O=C1NC(=O)[13C]23Nc4cc(C(F)(F)F)ccc4N(CCN12)C3=NCc1ccccc1. The molecule has 1 spiro atoms. The smallest absolute Gasteiger partial charge is 0.347 e. The Morgan fingerprint density at radius 2 is 1.83 bits per heavy atom. The van der Waals surface area contributed by atoms with Gasteiger partial charge >= 0.3 is 12.2 Å². The molecule has 2 bridgehead atoms. The number of amidine groups is 1. The number of halogens is 3. The fourth-order valence-corrected chi connectivity index (χ4v) is 4.13. The highest BCUT2D eigenvalue weighted by Gasteiger charge is 2.63. The first-order valence-corrected chi connectivity index (χ1v) is 9.29. The Morgan fingerprint density at radius 1 is 1.07 bits per heavy atom. The summed E-state index contributed by atoms with van der Waals surface area (Å²) in [5.41, 5.74) is -1.02. The van der Waals surface area contributed by atoms with Crippen LogP contribution in [0.5, 0.6) is 0 Å². The number of carbonyl (C=O) groups is 2. The van der Waals surface area contributed by atoms with Gasteiger partial charge in [-0.1, -0.05) is 30.3 Å². The van der Waals surface area contributed by atoms with E-state index in [4.69, 9.17) is 0 Å². The van der Waals surface area contributed by atoms with Crippen molar-refractivity contribution in [3.8, 4) is 0 Å². The molecule has 0 radical (unpaired) electrons. The number of piperazine rings is 1. The summed E-state index contributed by atoms with van der Waals surface area (Å²) in [5.74, 6) is -0.375. The summed E-state index contributed by atoms with van der Waals surface area (Å²) in [5, 5.41) is 5.17. The number of amides is 3. The second-order valence-corrected chi connectivity index (χ2v) is 7.25. The lowest BCUT2D eigenvalue weighted by Gasteiger charge is -2.50. The van der Waals surface area contributed by atoms with Crippen molar-refractivity contribution in [2.24, 2.45) is 4.99 Å². The lowest BCUT2D eigenvalue weighted by molar-refractivity contribution is -0.137. The number of rotatable bonds is 2. The highest BCUT2D eigenvalue weighted by atomic mass is 19.4. The van der Waals surface area contributed by atoms with E-state index in [1.54, 1.807) is 4.90 Å². The molecule has 0 saturated carbocycles. The Balaban J connectivity index is 1.66. The molecule has 3 heterocycles. The van der Waals surface area contributed by atoms with Crippen molar-refractivity contribution in [1.82, 2.24) is 10.2 Å². The van der Waals surface area contributed by atoms with E-state index in [1.165, 1.54) is 11.0 Å². The van der Waals surface area contributed by atoms with Gasteiger partial charge in [0, 0.05) is 13.1 Å². The monoisotopic (exact) mass is 416 g/mol. The van der Waals surface area contributed by atoms with Crippen LogP contribution in [0.15, 0.2) is 53.5 Å². The zero-order chi connectivity index (χ0) is 21.1. The lowest BCUT2D eigenvalue weighted by atomic mass is 10.1. The molecule has 1 unspecified atom stereocenters. The summed E-state index contributed by atoms with van der Waals surface area (Å²) in [6.07, 6.45) is -4.53. The average Bonchev–Trinajstić information content (AvgIpc) is 2.94. The molecule has 7 nitrogen and oxygen atoms in total. The number of anilines is 2. The van der Waals surface area contributed by atoms with Crippen LogP contribution in [0.1, 0.15) is 11.1 Å². The van der Waals surface area contributed by atoms with Crippen LogP contribution >= 0.6 is 0 Å². The van der Waals surface area contributed by atoms with Gasteiger partial charge in [-0.3, -0.25) is 20.0 Å². The van der Waals surface area contributed by atoms with Crippen LogP contribution in [0, 0.1) is 0 Å². The maximum atomic E-state index is 13.2. The summed E-state index contributed by atoms with van der Waals surface area (Å²) in [6, 6.07) is 12.1. The number of aliphatic imine (C=N–C) groups is 1. The molecule has 3 aliphatic heterocycles. The summed E-state index contributed by atoms with van der Waals surface area (Å²) in [4.78, 5) is 32.9. The van der Waals surface area contributed by atoms with Crippen molar-refractivity contribution in [1.29, 1.82) is 0 Å². The number of benzene rings is 2. The molecule has 2 aromatic rings. The first kappa shape index (κ1) is 18.5. The lowest BCUT2D eigenvalue weighted by Crippen LogP contribution is -2.72. The van der Waals surface area contributed by atoms with Gasteiger partial charge in [-0.05, 0) is 23.8 Å². The molecule has 10 heteroatoms. The summed E-state index contributed by atoms with van der Waals surface area (Å²) < 4.78 is 39.7. The molecule has 1 atom stereocenters. The highest BCUT2D eigenvalue weighted by Crippen LogP contribution is 2.44. The van der Waals surface area contributed by atoms with Gasteiger partial charge in [0.25, 0.3) is 11.6 Å². The molecule has 154 valence electrons. The van der Waals surface area contributed by atoms with Crippen LogP contribution in [0.2, 0.25) is 0 Å². The Kier molecular flexibility index (Phi) is 3.83. The largest absolute Gasteiger partial charge is 0.416 e. The van der Waals surface area contributed by atoms with Crippen LogP contribution in [0.4, 0.5) is 29.3 Å². The van der Waals surface area contributed by atoms with Crippen LogP contribution < -0.4 is 15.5 Å². The van der Waals surface area contributed by atoms with E-state index in [0.29, 0.717) is 12.2 Å². The minimum Gasteiger partial charge on any atom is -0.347 e. The predicted molar refractivity (Wildman–Crippen MR) is 103 cm³/mol. The number of carbonyl (C=O) groups excluding carboxylic acids is 2. The van der Waals surface area contributed by atoms with E-state index >= 15 is 0 Å². The Labute approximate surface area is 169 Å². The molecule has 2 saturated heterocycles. The van der Waals surface area contributed by atoms with Crippen LogP contribution in [-0.4, -0.2) is 41.4 Å². The van der Waals surface area contributed by atoms with Gasteiger partial charge in [0.2, 0.25) is 0 Å². The zero-order valence-corrected chi connectivity index (χ0v) is 15.5. The second-order valence-electron chi connectivity index (χ2n) is 7.25. The summed E-state index contributed by atoms with van der Waals surface area (Å²) in [7, 11) is 0. The Hall–Kier alpha value is -3.56. The highest BCUT2D eigenvalue weighted by molar-refractivity contribution is 6.29. The van der Waals surface area contributed by atoms with Gasteiger partial charge in [0.15, 0.2) is 5.84 Å². The standard InChI is InChI=1S/C20H16F3N5O2/c21-20(22,23)13-6-7-15-14(10-13)26-19-16(24-11-12-4-2-1-3-5-12)27(15)8-9-28(19)18(30)25-17(19)29/h1-7,10,26H,8-9,11H2,(H,25,29,30)/i19+1. The molecule has 5 rings (SSSR count). The third-order valence-corrected chi connectivity index (χ3v) is 5.51. The van der Waals surface area contributed by atoms with Crippen molar-refractivity contribution < 1.29 is 22.8 Å². The molecule has 3 aliphatic rings. The van der Waals surface area contributed by atoms with E-state index in [9.17, 15) is 22.8 Å². The molecule has 30 heavy (non-hydrogen) atoms. The number of nitrogens with zero attached hydrogens (tertiary/aromatic N) is 3. The van der Waals surface area contributed by atoms with Gasteiger partial charge in [0.1, 0.15) is 0 Å². The Bertz CT molecular complexity index is 1090. The van der Waals surface area contributed by atoms with Crippen LogP contribution in [-0.2, 0) is 17.5 Å². The number of urea groups is 1. The topological polar surface area (TPSA) is 77.0 Å². The van der Waals surface area contributed by atoms with E-state index in [1.807, 2.05) is 30.3 Å². The molecule has 0 aromatic heterocycles. The van der Waals surface area contributed by atoms with Gasteiger partial charge in [0.05, 0.1) is 23.5 Å². The van der Waals surface area contributed by atoms with Gasteiger partial charge < -0.3 is 10.2 Å². The molecule has 0 aliphatic carbocycles. The molecule has 2 aromatic carbocycles. The molecule has 2 fully saturated rings. The van der Waals surface area contributed by atoms with E-state index in [2.05, 4.69) is 15.6 Å². The third-order valence-electron chi connectivity index (χ3n) is 5.51. The fraction of sp³-hybridized carbons (Fsp3) is 0.250. The van der Waals surface area contributed by atoms with E-state index in [-0.39, 0.29) is 24.6 Å². The van der Waals surface area contributed by atoms with Crippen LogP contribution in [0.3, 0.4) is 0 Å². The van der Waals surface area contributed by atoms with Crippen molar-refractivity contribution >= 4 is 29.1 Å². The summed E-state index contributed by atoms with van der Waals surface area (Å²) in [6.45, 7) is 0.771. The first-order chi connectivity index (χ1) is 14.3. The normalized spacial score (nSPS) is 23.8. The number of hydrogen-bond acceptors (Lipinski definition) is 4. The molecular weight excluding hydrogens is 400 g/mol. The van der Waals surface area contributed by atoms with Gasteiger partial charge in [-0.15, -0.1) is 0 Å². The first-order valence-electron chi connectivity index (χ1n) is 9.29. The molecule has 2 N–H and O–H groups in total. The van der Waals surface area contributed by atoms with Crippen molar-refractivity contribution in [3.63, 3.8) is 0 Å². The predicted octanol–water partition coefficient (Wildman–Crippen LogP) is 2.80. The van der Waals surface area contributed by atoms with Crippen molar-refractivity contribution in [2.45, 2.75) is 18.4 Å². The van der Waals surface area contributed by atoms with Crippen LogP contribution in [0.25, 0.3) is 0 Å². The minimum absolute atomic E-state index is 0.123. The number of imide groups is 1. The maximum absolute atomic E-state index is 13.2. The number of fused-ring (bicyclic) bond motifs is 3. The third kappa shape index (κ3) is 2.56. The number of alkyl halides is 3. The molecule has 3 amide bonds. The second kappa shape index (κ2) is 6.22. The van der Waals surface area contributed by atoms with Gasteiger partial charge in [-0.25, -0.2) is 4.79 Å². The Morgan fingerprint density at radius 3 is 2.57 bits per heavy atom. The zero-order valence-electron chi connectivity index (χ0n) is 15.5. The number of nitrogens with one attached hydrogen (secondary N) is 2. The van der Waals surface area contributed by atoms with E-state index in [0.717, 1.165) is 17.7 Å². The van der Waals surface area contributed by atoms with Crippen molar-refractivity contribution in [3.05, 3.63) is 59.7 Å². The minimum atomic E-state index is -4.53. The van der Waals surface area contributed by atoms with E-state index < -0.39 is 29.3 Å².